The number of amides is 1. The van der Waals surface area contributed by atoms with Gasteiger partial charge in [-0.05, 0) is 62.1 Å². The number of halogens is 1. The molecule has 2 aromatic heterocycles. The summed E-state index contributed by atoms with van der Waals surface area (Å²) in [6.45, 7) is 8.46. The zero-order valence-electron chi connectivity index (χ0n) is 15.9. The first kappa shape index (κ1) is 19.3. The van der Waals surface area contributed by atoms with Gasteiger partial charge in [0, 0.05) is 17.1 Å². The molecule has 0 saturated carbocycles. The van der Waals surface area contributed by atoms with E-state index in [1.165, 1.54) is 22.3 Å². The molecule has 27 heavy (non-hydrogen) atoms. The molecule has 0 spiro atoms. The molecule has 1 N–H and O–H groups in total. The van der Waals surface area contributed by atoms with Gasteiger partial charge in [-0.1, -0.05) is 22.0 Å². The van der Waals surface area contributed by atoms with Gasteiger partial charge in [0.25, 0.3) is 5.91 Å². The van der Waals surface area contributed by atoms with Gasteiger partial charge in [-0.25, -0.2) is 0 Å². The Hall–Kier alpha value is -2.47. The Kier molecular flexibility index (Phi) is 5.75. The predicted octanol–water partition coefficient (Wildman–Crippen LogP) is 4.59. The van der Waals surface area contributed by atoms with Gasteiger partial charge < -0.3 is 9.73 Å². The molecule has 3 rings (SSSR count). The van der Waals surface area contributed by atoms with Gasteiger partial charge in [0.1, 0.15) is 5.76 Å². The van der Waals surface area contributed by atoms with Crippen LogP contribution in [-0.2, 0) is 13.0 Å². The Balaban J connectivity index is 1.69. The smallest absolute Gasteiger partial charge is 0.287 e. The molecule has 1 amide bonds. The Morgan fingerprint density at radius 3 is 2.59 bits per heavy atom. The number of furan rings is 1. The minimum atomic E-state index is -0.262. The van der Waals surface area contributed by atoms with E-state index < -0.39 is 0 Å². The highest BCUT2D eigenvalue weighted by molar-refractivity contribution is 9.10. The van der Waals surface area contributed by atoms with E-state index in [1.807, 2.05) is 13.0 Å². The number of hydrogen-bond acceptors (Lipinski definition) is 4. The van der Waals surface area contributed by atoms with Gasteiger partial charge in [0.15, 0.2) is 5.76 Å². The van der Waals surface area contributed by atoms with Crippen molar-refractivity contribution < 1.29 is 9.21 Å². The number of nitrogens with one attached hydrogen (secondary N) is 1. The predicted molar refractivity (Wildman–Crippen MR) is 108 cm³/mol. The normalized spacial score (nSPS) is 10.9. The third kappa shape index (κ3) is 4.45. The van der Waals surface area contributed by atoms with Crippen molar-refractivity contribution in [1.82, 2.24) is 15.3 Å². The summed E-state index contributed by atoms with van der Waals surface area (Å²) in [5.74, 6) is 0.797. The van der Waals surface area contributed by atoms with Gasteiger partial charge in [-0.15, -0.1) is 0 Å². The third-order valence-corrected chi connectivity index (χ3v) is 5.76. The van der Waals surface area contributed by atoms with Crippen LogP contribution in [0, 0.1) is 27.7 Å². The minimum absolute atomic E-state index is 0.262. The molecule has 3 aromatic rings. The van der Waals surface area contributed by atoms with Crippen LogP contribution in [-0.4, -0.2) is 15.9 Å². The van der Waals surface area contributed by atoms with Crippen LogP contribution in [0.15, 0.2) is 39.5 Å². The van der Waals surface area contributed by atoms with Crippen molar-refractivity contribution in [3.63, 3.8) is 0 Å². The average molecular weight is 428 g/mol. The number of rotatable bonds is 5. The second kappa shape index (κ2) is 8.05. The van der Waals surface area contributed by atoms with Crippen LogP contribution in [0.1, 0.15) is 50.0 Å². The van der Waals surface area contributed by atoms with Crippen molar-refractivity contribution in [2.45, 2.75) is 40.7 Å². The van der Waals surface area contributed by atoms with Crippen molar-refractivity contribution in [2.75, 3.05) is 0 Å². The number of benzene rings is 1. The average Bonchev–Trinajstić information content (AvgIpc) is 3.11. The van der Waals surface area contributed by atoms with Crippen molar-refractivity contribution in [3.8, 4) is 0 Å². The Morgan fingerprint density at radius 1 is 1.11 bits per heavy atom. The molecule has 1 aromatic carbocycles. The van der Waals surface area contributed by atoms with E-state index in [-0.39, 0.29) is 5.91 Å². The quantitative estimate of drug-likeness (QED) is 0.646. The summed E-state index contributed by atoms with van der Waals surface area (Å²) in [5, 5.41) is 2.81. The van der Waals surface area contributed by atoms with Crippen LogP contribution < -0.4 is 5.32 Å². The number of hydrogen-bond donors (Lipinski definition) is 1. The van der Waals surface area contributed by atoms with Gasteiger partial charge in [-0.3, -0.25) is 14.8 Å². The summed E-state index contributed by atoms with van der Waals surface area (Å²) in [5.41, 5.74) is 6.39. The van der Waals surface area contributed by atoms with Gasteiger partial charge in [0.2, 0.25) is 0 Å². The maximum atomic E-state index is 12.3. The largest absolute Gasteiger partial charge is 0.456 e. The summed E-state index contributed by atoms with van der Waals surface area (Å²) in [4.78, 5) is 20.7. The first-order valence-corrected chi connectivity index (χ1v) is 9.54. The summed E-state index contributed by atoms with van der Waals surface area (Å²) >= 11 is 3.65. The monoisotopic (exact) mass is 427 g/mol. The number of aromatic nitrogens is 2. The fourth-order valence-electron chi connectivity index (χ4n) is 3.01. The zero-order valence-corrected chi connectivity index (χ0v) is 17.5. The zero-order chi connectivity index (χ0) is 19.6. The van der Waals surface area contributed by atoms with E-state index in [4.69, 9.17) is 4.42 Å². The lowest BCUT2D eigenvalue weighted by Crippen LogP contribution is -2.22. The summed E-state index contributed by atoms with van der Waals surface area (Å²) in [6.07, 6.45) is 3.98. The first-order chi connectivity index (χ1) is 12.8. The molecule has 0 radical (unpaired) electrons. The van der Waals surface area contributed by atoms with Crippen molar-refractivity contribution >= 4 is 21.8 Å². The van der Waals surface area contributed by atoms with Gasteiger partial charge in [0.05, 0.1) is 24.1 Å². The van der Waals surface area contributed by atoms with E-state index in [2.05, 4.69) is 58.1 Å². The van der Waals surface area contributed by atoms with Crippen LogP contribution in [0.5, 0.6) is 0 Å². The minimum Gasteiger partial charge on any atom is -0.456 e. The lowest BCUT2D eigenvalue weighted by Gasteiger charge is -2.13. The molecule has 0 fully saturated rings. The van der Waals surface area contributed by atoms with Crippen LogP contribution in [0.4, 0.5) is 0 Å². The molecule has 0 aliphatic heterocycles. The van der Waals surface area contributed by atoms with Crippen molar-refractivity contribution in [2.24, 2.45) is 0 Å². The Bertz CT molecular complexity index is 978. The van der Waals surface area contributed by atoms with Gasteiger partial charge >= 0.3 is 0 Å². The second-order valence-corrected chi connectivity index (χ2v) is 7.50. The fraction of sp³-hybridized carbons (Fsp3) is 0.286. The van der Waals surface area contributed by atoms with Crippen LogP contribution >= 0.6 is 15.9 Å². The van der Waals surface area contributed by atoms with E-state index in [9.17, 15) is 4.79 Å². The molecule has 0 bridgehead atoms. The lowest BCUT2D eigenvalue weighted by atomic mass is 9.96. The topological polar surface area (TPSA) is 68.0 Å². The van der Waals surface area contributed by atoms with E-state index in [0.717, 1.165) is 15.9 Å². The number of carbonyl (C=O) groups is 1. The summed E-state index contributed by atoms with van der Waals surface area (Å²) in [6, 6.07) is 5.72. The molecule has 0 unspecified atom stereocenters. The van der Waals surface area contributed by atoms with E-state index in [1.54, 1.807) is 18.5 Å². The first-order valence-electron chi connectivity index (χ1n) is 8.74. The van der Waals surface area contributed by atoms with Crippen molar-refractivity contribution in [1.29, 1.82) is 0 Å². The van der Waals surface area contributed by atoms with Crippen molar-refractivity contribution in [3.05, 3.63) is 80.2 Å². The highest BCUT2D eigenvalue weighted by Gasteiger charge is 2.15. The molecule has 140 valence electrons. The Morgan fingerprint density at radius 2 is 1.89 bits per heavy atom. The molecule has 0 aliphatic rings. The summed E-state index contributed by atoms with van der Waals surface area (Å²) in [7, 11) is 0. The molecular weight excluding hydrogens is 406 g/mol. The third-order valence-electron chi connectivity index (χ3n) is 4.54. The van der Waals surface area contributed by atoms with Crippen LogP contribution in [0.3, 0.4) is 0 Å². The summed E-state index contributed by atoms with van der Waals surface area (Å²) < 4.78 is 6.89. The molecule has 5 nitrogen and oxygen atoms in total. The molecule has 0 saturated heterocycles. The molecule has 0 aliphatic carbocycles. The fourth-order valence-corrected chi connectivity index (χ4v) is 3.36. The van der Waals surface area contributed by atoms with E-state index >= 15 is 0 Å². The molecular formula is C21H22BrN3O2. The van der Waals surface area contributed by atoms with E-state index in [0.29, 0.717) is 24.4 Å². The maximum Gasteiger partial charge on any atom is 0.287 e. The number of carbonyl (C=O) groups excluding carboxylic acids is 1. The highest BCUT2D eigenvalue weighted by atomic mass is 79.9. The molecule has 0 atom stereocenters. The standard InChI is InChI=1S/C21H22BrN3O2/c1-12-7-13(2)20(22)15(4)18(12)8-17-5-6-19(27-17)21(26)25-11-16-10-23-14(3)9-24-16/h5-7,9-10H,8,11H2,1-4H3,(H,25,26). The SMILES string of the molecule is Cc1cnc(CNC(=O)c2ccc(Cc3c(C)cc(C)c(Br)c3C)o2)cn1. The molecule has 2 heterocycles. The van der Waals surface area contributed by atoms with Crippen LogP contribution in [0.2, 0.25) is 0 Å². The number of nitrogens with zero attached hydrogens (tertiary/aromatic N) is 2. The number of aryl methyl sites for hydroxylation is 3. The maximum absolute atomic E-state index is 12.3. The van der Waals surface area contributed by atoms with Crippen LogP contribution in [0.25, 0.3) is 0 Å². The second-order valence-electron chi connectivity index (χ2n) is 6.70. The lowest BCUT2D eigenvalue weighted by molar-refractivity contribution is 0.0921. The Labute approximate surface area is 167 Å². The van der Waals surface area contributed by atoms with Gasteiger partial charge in [-0.2, -0.15) is 0 Å². The molecule has 6 heteroatoms. The highest BCUT2D eigenvalue weighted by Crippen LogP contribution is 2.29.